The lowest BCUT2D eigenvalue weighted by atomic mass is 9.96. The Morgan fingerprint density at radius 3 is 2.26 bits per heavy atom. The van der Waals surface area contributed by atoms with Gasteiger partial charge in [-0.2, -0.15) is 0 Å². The third kappa shape index (κ3) is 4.62. The van der Waals surface area contributed by atoms with E-state index < -0.39 is 5.60 Å². The lowest BCUT2D eigenvalue weighted by molar-refractivity contribution is 0.0131. The van der Waals surface area contributed by atoms with E-state index in [1.165, 1.54) is 6.92 Å². The van der Waals surface area contributed by atoms with Crippen LogP contribution in [0.25, 0.3) is 0 Å². The van der Waals surface area contributed by atoms with Gasteiger partial charge in [0.2, 0.25) is 0 Å². The molecule has 19 heavy (non-hydrogen) atoms. The number of aromatic nitrogens is 2. The third-order valence-electron chi connectivity index (χ3n) is 2.54. The average molecular weight is 269 g/mol. The van der Waals surface area contributed by atoms with Crippen molar-refractivity contribution in [2.45, 2.75) is 38.7 Å². The highest BCUT2D eigenvalue weighted by atomic mass is 16.3. The molecule has 6 N–H and O–H groups in total. The highest BCUT2D eigenvalue weighted by Crippen LogP contribution is 2.22. The Bertz CT molecular complexity index is 429. The lowest BCUT2D eigenvalue weighted by Crippen LogP contribution is -2.37. The van der Waals surface area contributed by atoms with Crippen LogP contribution in [0.15, 0.2) is 6.07 Å². The summed E-state index contributed by atoms with van der Waals surface area (Å²) in [5.41, 5.74) is 1.06. The molecule has 0 spiro atoms. The highest BCUT2D eigenvalue weighted by molar-refractivity contribution is 5.47. The minimum absolute atomic E-state index is 0.175. The Kier molecular flexibility index (Phi) is 4.67. The largest absolute Gasteiger partial charge is 0.393 e. The first-order chi connectivity index (χ1) is 8.68. The Morgan fingerprint density at radius 1 is 1.21 bits per heavy atom. The van der Waals surface area contributed by atoms with Crippen molar-refractivity contribution in [1.82, 2.24) is 9.97 Å². The summed E-state index contributed by atoms with van der Waals surface area (Å²) in [5, 5.41) is 21.7. The van der Waals surface area contributed by atoms with Crippen LogP contribution in [0.3, 0.4) is 0 Å². The van der Waals surface area contributed by atoms with Crippen LogP contribution in [0.2, 0.25) is 0 Å². The standard InChI is InChI=1S/C12H23N5O2/c1-11(2,3)10-15-8(5-9(16-10)17-13)14-6-12(4,19)7-18/h5,18-19H,6-7,13H2,1-4H3,(H2,14,15,16,17). The van der Waals surface area contributed by atoms with Crippen molar-refractivity contribution in [3.63, 3.8) is 0 Å². The summed E-state index contributed by atoms with van der Waals surface area (Å²) >= 11 is 0. The molecule has 1 heterocycles. The molecule has 0 aliphatic heterocycles. The monoisotopic (exact) mass is 269 g/mol. The van der Waals surface area contributed by atoms with E-state index in [4.69, 9.17) is 10.9 Å². The highest BCUT2D eigenvalue weighted by Gasteiger charge is 2.21. The molecular formula is C12H23N5O2. The molecule has 0 saturated heterocycles. The second kappa shape index (κ2) is 5.68. The van der Waals surface area contributed by atoms with Crippen LogP contribution >= 0.6 is 0 Å². The molecule has 1 rings (SSSR count). The van der Waals surface area contributed by atoms with E-state index in [0.717, 1.165) is 0 Å². The van der Waals surface area contributed by atoms with E-state index in [1.54, 1.807) is 6.07 Å². The summed E-state index contributed by atoms with van der Waals surface area (Å²) in [6.45, 7) is 7.37. The van der Waals surface area contributed by atoms with Gasteiger partial charge in [0.05, 0.1) is 6.61 Å². The molecule has 7 heteroatoms. The topological polar surface area (TPSA) is 116 Å². The zero-order chi connectivity index (χ0) is 14.7. The van der Waals surface area contributed by atoms with Crippen LogP contribution < -0.4 is 16.6 Å². The first kappa shape index (κ1) is 15.6. The Balaban J connectivity index is 2.95. The van der Waals surface area contributed by atoms with Gasteiger partial charge in [-0.15, -0.1) is 0 Å². The number of anilines is 2. The summed E-state index contributed by atoms with van der Waals surface area (Å²) in [4.78, 5) is 8.67. The minimum atomic E-state index is -1.21. The number of hydrogen-bond donors (Lipinski definition) is 5. The zero-order valence-electron chi connectivity index (χ0n) is 11.9. The van der Waals surface area contributed by atoms with E-state index >= 15 is 0 Å². The molecule has 0 aliphatic rings. The summed E-state index contributed by atoms with van der Waals surface area (Å²) in [5.74, 6) is 7.05. The van der Waals surface area contributed by atoms with Crippen LogP contribution in [0.1, 0.15) is 33.5 Å². The number of nitrogen functional groups attached to an aromatic ring is 1. The fourth-order valence-electron chi connectivity index (χ4n) is 1.28. The van der Waals surface area contributed by atoms with Gasteiger partial charge in [-0.05, 0) is 6.92 Å². The van der Waals surface area contributed by atoms with Crippen LogP contribution in [-0.2, 0) is 5.41 Å². The van der Waals surface area contributed by atoms with Gasteiger partial charge in [0.25, 0.3) is 0 Å². The molecule has 1 atom stereocenters. The number of nitrogens with zero attached hydrogens (tertiary/aromatic N) is 2. The van der Waals surface area contributed by atoms with Crippen LogP contribution in [0, 0.1) is 0 Å². The molecule has 1 aromatic heterocycles. The quantitative estimate of drug-likeness (QED) is 0.383. The van der Waals surface area contributed by atoms with Gasteiger partial charge in [0, 0.05) is 18.0 Å². The molecule has 0 fully saturated rings. The number of nitrogens with one attached hydrogen (secondary N) is 2. The Hall–Kier alpha value is -1.44. The Labute approximate surface area is 113 Å². The maximum Gasteiger partial charge on any atom is 0.145 e. The SMILES string of the molecule is CC(O)(CO)CNc1cc(NN)nc(C(C)(C)C)n1. The smallest absolute Gasteiger partial charge is 0.145 e. The first-order valence-electron chi connectivity index (χ1n) is 6.11. The molecule has 0 saturated carbocycles. The molecule has 1 aromatic rings. The fourth-order valence-corrected chi connectivity index (χ4v) is 1.28. The van der Waals surface area contributed by atoms with Crippen molar-refractivity contribution in [2.24, 2.45) is 5.84 Å². The van der Waals surface area contributed by atoms with Gasteiger partial charge in [-0.25, -0.2) is 15.8 Å². The summed E-state index contributed by atoms with van der Waals surface area (Å²) in [6, 6.07) is 1.64. The molecule has 0 aliphatic carbocycles. The number of hydrogen-bond acceptors (Lipinski definition) is 7. The minimum Gasteiger partial charge on any atom is -0.393 e. The molecule has 1 unspecified atom stereocenters. The number of hydrazine groups is 1. The maximum atomic E-state index is 9.74. The number of rotatable bonds is 5. The van der Waals surface area contributed by atoms with Gasteiger partial charge in [-0.1, -0.05) is 20.8 Å². The third-order valence-corrected chi connectivity index (χ3v) is 2.54. The van der Waals surface area contributed by atoms with Crippen molar-refractivity contribution in [3.05, 3.63) is 11.9 Å². The summed E-state index contributed by atoms with van der Waals surface area (Å²) < 4.78 is 0. The summed E-state index contributed by atoms with van der Waals surface area (Å²) in [6.07, 6.45) is 0. The van der Waals surface area contributed by atoms with Gasteiger partial charge in [0.1, 0.15) is 23.1 Å². The molecule has 0 bridgehead atoms. The van der Waals surface area contributed by atoms with Crippen molar-refractivity contribution >= 4 is 11.6 Å². The van der Waals surface area contributed by atoms with E-state index in [0.29, 0.717) is 17.5 Å². The van der Waals surface area contributed by atoms with Gasteiger partial charge < -0.3 is 21.0 Å². The van der Waals surface area contributed by atoms with Crippen LogP contribution in [0.4, 0.5) is 11.6 Å². The second-order valence-electron chi connectivity index (χ2n) is 5.86. The lowest BCUT2D eigenvalue weighted by Gasteiger charge is -2.22. The van der Waals surface area contributed by atoms with Crippen molar-refractivity contribution in [1.29, 1.82) is 0 Å². The van der Waals surface area contributed by atoms with E-state index in [2.05, 4.69) is 20.7 Å². The normalized spacial score (nSPS) is 14.9. The van der Waals surface area contributed by atoms with Gasteiger partial charge in [0.15, 0.2) is 0 Å². The van der Waals surface area contributed by atoms with Gasteiger partial charge in [-0.3, -0.25) is 0 Å². The predicted molar refractivity (Wildman–Crippen MR) is 74.7 cm³/mol. The van der Waals surface area contributed by atoms with Crippen molar-refractivity contribution in [3.8, 4) is 0 Å². The van der Waals surface area contributed by atoms with Gasteiger partial charge >= 0.3 is 0 Å². The van der Waals surface area contributed by atoms with E-state index in [1.807, 2.05) is 20.8 Å². The van der Waals surface area contributed by atoms with Crippen LogP contribution in [-0.4, -0.2) is 38.9 Å². The molecule has 108 valence electrons. The Morgan fingerprint density at radius 2 is 1.79 bits per heavy atom. The van der Waals surface area contributed by atoms with E-state index in [-0.39, 0.29) is 18.6 Å². The average Bonchev–Trinajstić information content (AvgIpc) is 2.35. The molecule has 0 amide bonds. The predicted octanol–water partition coefficient (Wildman–Crippen LogP) is 0.215. The first-order valence-corrected chi connectivity index (χ1v) is 6.11. The van der Waals surface area contributed by atoms with Crippen molar-refractivity contribution < 1.29 is 10.2 Å². The molecule has 0 radical (unpaired) electrons. The molecule has 7 nitrogen and oxygen atoms in total. The fraction of sp³-hybridized carbons (Fsp3) is 0.667. The molecular weight excluding hydrogens is 246 g/mol. The number of nitrogens with two attached hydrogens (primary N) is 1. The molecule has 0 aromatic carbocycles. The second-order valence-corrected chi connectivity index (χ2v) is 5.86. The van der Waals surface area contributed by atoms with E-state index in [9.17, 15) is 5.11 Å². The number of aliphatic hydroxyl groups is 2. The number of aliphatic hydroxyl groups excluding tert-OH is 1. The maximum absolute atomic E-state index is 9.74. The zero-order valence-corrected chi connectivity index (χ0v) is 11.9. The van der Waals surface area contributed by atoms with Crippen molar-refractivity contribution in [2.75, 3.05) is 23.9 Å². The summed E-state index contributed by atoms with van der Waals surface area (Å²) in [7, 11) is 0. The van der Waals surface area contributed by atoms with Crippen LogP contribution in [0.5, 0.6) is 0 Å².